The van der Waals surface area contributed by atoms with Crippen LogP contribution < -0.4 is 5.32 Å². The minimum absolute atomic E-state index is 0.324. The van der Waals surface area contributed by atoms with E-state index in [0.717, 1.165) is 20.2 Å². The van der Waals surface area contributed by atoms with Crippen molar-refractivity contribution in [1.82, 2.24) is 0 Å². The molecule has 1 fully saturated rings. The summed E-state index contributed by atoms with van der Waals surface area (Å²) in [4.78, 5) is 0. The second kappa shape index (κ2) is 5.97. The summed E-state index contributed by atoms with van der Waals surface area (Å²) in [6.45, 7) is 0. The van der Waals surface area contributed by atoms with Gasteiger partial charge in [-0.1, -0.05) is 35.3 Å². The molecule has 1 aliphatic carbocycles. The maximum atomic E-state index is 5.99. The Morgan fingerprint density at radius 3 is 2.25 bits per heavy atom. The molecule has 1 N–H and O–H groups in total. The molecule has 4 heteroatoms. The average Bonchev–Trinajstić information content (AvgIpc) is 3.24. The van der Waals surface area contributed by atoms with Crippen LogP contribution in [0.4, 0.5) is 5.69 Å². The van der Waals surface area contributed by atoms with E-state index in [9.17, 15) is 0 Å². The molecular formula is C16H14BrCl2N. The molecule has 3 rings (SSSR count). The van der Waals surface area contributed by atoms with E-state index in [1.807, 2.05) is 30.3 Å². The summed E-state index contributed by atoms with van der Waals surface area (Å²) in [5.41, 5.74) is 2.35. The number of benzene rings is 2. The highest BCUT2D eigenvalue weighted by atomic mass is 79.9. The van der Waals surface area contributed by atoms with Gasteiger partial charge in [-0.05, 0) is 70.6 Å². The van der Waals surface area contributed by atoms with E-state index in [4.69, 9.17) is 23.2 Å². The van der Waals surface area contributed by atoms with E-state index in [2.05, 4.69) is 33.4 Å². The fourth-order valence-corrected chi connectivity index (χ4v) is 3.27. The first-order valence-electron chi connectivity index (χ1n) is 6.60. The number of hydrogen-bond donors (Lipinski definition) is 1. The summed E-state index contributed by atoms with van der Waals surface area (Å²) in [6, 6.07) is 14.2. The van der Waals surface area contributed by atoms with Gasteiger partial charge in [-0.15, -0.1) is 0 Å². The lowest BCUT2D eigenvalue weighted by Gasteiger charge is -2.21. The Labute approximate surface area is 137 Å². The molecule has 2 aromatic rings. The second-order valence-corrected chi connectivity index (χ2v) is 6.86. The summed E-state index contributed by atoms with van der Waals surface area (Å²) >= 11 is 15.5. The van der Waals surface area contributed by atoms with Crippen LogP contribution in [0.3, 0.4) is 0 Å². The Morgan fingerprint density at radius 1 is 1.00 bits per heavy atom. The van der Waals surface area contributed by atoms with Crippen molar-refractivity contribution in [3.05, 3.63) is 62.5 Å². The van der Waals surface area contributed by atoms with Gasteiger partial charge in [0.2, 0.25) is 0 Å². The minimum atomic E-state index is 0.324. The van der Waals surface area contributed by atoms with Gasteiger partial charge < -0.3 is 5.32 Å². The van der Waals surface area contributed by atoms with Crippen molar-refractivity contribution >= 4 is 44.8 Å². The van der Waals surface area contributed by atoms with E-state index in [0.29, 0.717) is 12.0 Å². The van der Waals surface area contributed by atoms with Crippen LogP contribution in [0.1, 0.15) is 24.4 Å². The molecule has 104 valence electrons. The molecular weight excluding hydrogens is 357 g/mol. The van der Waals surface area contributed by atoms with Gasteiger partial charge >= 0.3 is 0 Å². The van der Waals surface area contributed by atoms with Gasteiger partial charge in [-0.3, -0.25) is 0 Å². The predicted octanol–water partition coefficient (Wildman–Crippen LogP) is 6.32. The van der Waals surface area contributed by atoms with Gasteiger partial charge in [0.1, 0.15) is 0 Å². The second-order valence-electron chi connectivity index (χ2n) is 5.14. The summed E-state index contributed by atoms with van der Waals surface area (Å²) < 4.78 is 0.990. The SMILES string of the molecule is Clc1ccc(C(Nc2ccc(Cl)cc2Br)C2CC2)cc1. The van der Waals surface area contributed by atoms with Crippen molar-refractivity contribution in [3.8, 4) is 0 Å². The number of hydrogen-bond acceptors (Lipinski definition) is 1. The van der Waals surface area contributed by atoms with Gasteiger partial charge in [0.15, 0.2) is 0 Å². The molecule has 0 spiro atoms. The van der Waals surface area contributed by atoms with Crippen LogP contribution in [0.2, 0.25) is 10.0 Å². The quantitative estimate of drug-likeness (QED) is 0.663. The van der Waals surface area contributed by atoms with Crippen LogP contribution in [0.5, 0.6) is 0 Å². The predicted molar refractivity (Wildman–Crippen MR) is 89.7 cm³/mol. The molecule has 0 bridgehead atoms. The van der Waals surface area contributed by atoms with Crippen molar-refractivity contribution in [2.45, 2.75) is 18.9 Å². The lowest BCUT2D eigenvalue weighted by atomic mass is 10.0. The smallest absolute Gasteiger partial charge is 0.0542 e. The first kappa shape index (κ1) is 14.2. The van der Waals surface area contributed by atoms with Crippen molar-refractivity contribution in [1.29, 1.82) is 0 Å². The maximum absolute atomic E-state index is 5.99. The van der Waals surface area contributed by atoms with Crippen molar-refractivity contribution in [2.75, 3.05) is 5.32 Å². The zero-order chi connectivity index (χ0) is 14.1. The van der Waals surface area contributed by atoms with Crippen LogP contribution in [0, 0.1) is 5.92 Å². The van der Waals surface area contributed by atoms with Crippen LogP contribution in [0.15, 0.2) is 46.9 Å². The highest BCUT2D eigenvalue weighted by Gasteiger charge is 2.32. The topological polar surface area (TPSA) is 12.0 Å². The molecule has 0 aliphatic heterocycles. The van der Waals surface area contributed by atoms with Gasteiger partial charge in [-0.2, -0.15) is 0 Å². The summed E-state index contributed by atoms with van der Waals surface area (Å²) in [6.07, 6.45) is 2.54. The molecule has 0 amide bonds. The molecule has 2 aromatic carbocycles. The monoisotopic (exact) mass is 369 g/mol. The van der Waals surface area contributed by atoms with Crippen LogP contribution in [-0.4, -0.2) is 0 Å². The standard InChI is InChI=1S/C16H14BrCl2N/c17-14-9-13(19)7-8-15(14)20-16(10-1-2-10)11-3-5-12(18)6-4-11/h3-10,16,20H,1-2H2. The molecule has 0 saturated heterocycles. The number of halogens is 3. The Morgan fingerprint density at radius 2 is 1.65 bits per heavy atom. The first-order chi connectivity index (χ1) is 9.63. The lowest BCUT2D eigenvalue weighted by Crippen LogP contribution is -2.13. The van der Waals surface area contributed by atoms with Crippen molar-refractivity contribution in [3.63, 3.8) is 0 Å². The van der Waals surface area contributed by atoms with E-state index in [-0.39, 0.29) is 0 Å². The fourth-order valence-electron chi connectivity index (χ4n) is 2.35. The number of anilines is 1. The third-order valence-corrected chi connectivity index (χ3v) is 4.71. The van der Waals surface area contributed by atoms with Gasteiger partial charge in [0.25, 0.3) is 0 Å². The third-order valence-electron chi connectivity index (χ3n) is 3.56. The van der Waals surface area contributed by atoms with E-state index in [1.165, 1.54) is 18.4 Å². The van der Waals surface area contributed by atoms with E-state index >= 15 is 0 Å². The molecule has 20 heavy (non-hydrogen) atoms. The van der Waals surface area contributed by atoms with Gasteiger partial charge in [0, 0.05) is 20.2 Å². The lowest BCUT2D eigenvalue weighted by molar-refractivity contribution is 0.678. The van der Waals surface area contributed by atoms with Crippen LogP contribution in [-0.2, 0) is 0 Å². The molecule has 1 aliphatic rings. The first-order valence-corrected chi connectivity index (χ1v) is 8.15. The molecule has 0 radical (unpaired) electrons. The largest absolute Gasteiger partial charge is 0.377 e. The zero-order valence-electron chi connectivity index (χ0n) is 10.7. The average molecular weight is 371 g/mol. The zero-order valence-corrected chi connectivity index (χ0v) is 13.8. The summed E-state index contributed by atoms with van der Waals surface area (Å²) in [5.74, 6) is 0.693. The van der Waals surface area contributed by atoms with Crippen LogP contribution in [0.25, 0.3) is 0 Å². The van der Waals surface area contributed by atoms with Crippen molar-refractivity contribution < 1.29 is 0 Å². The summed E-state index contributed by atoms with van der Waals surface area (Å²) in [7, 11) is 0. The fraction of sp³-hybridized carbons (Fsp3) is 0.250. The highest BCUT2D eigenvalue weighted by molar-refractivity contribution is 9.10. The Hall–Kier alpha value is -0.700. The normalized spacial score (nSPS) is 15.9. The van der Waals surface area contributed by atoms with Crippen molar-refractivity contribution in [2.24, 2.45) is 5.92 Å². The molecule has 1 atom stereocenters. The minimum Gasteiger partial charge on any atom is -0.377 e. The van der Waals surface area contributed by atoms with Gasteiger partial charge in [-0.25, -0.2) is 0 Å². The molecule has 1 unspecified atom stereocenters. The van der Waals surface area contributed by atoms with E-state index in [1.54, 1.807) is 0 Å². The molecule has 0 heterocycles. The third kappa shape index (κ3) is 3.30. The Kier molecular flexibility index (Phi) is 4.25. The molecule has 1 saturated carbocycles. The number of rotatable bonds is 4. The Bertz CT molecular complexity index is 608. The number of nitrogens with one attached hydrogen (secondary N) is 1. The van der Waals surface area contributed by atoms with Gasteiger partial charge in [0.05, 0.1) is 6.04 Å². The highest BCUT2D eigenvalue weighted by Crippen LogP contribution is 2.44. The summed E-state index contributed by atoms with van der Waals surface area (Å²) in [5, 5.41) is 5.13. The van der Waals surface area contributed by atoms with E-state index < -0.39 is 0 Å². The maximum Gasteiger partial charge on any atom is 0.0542 e. The van der Waals surface area contributed by atoms with Crippen LogP contribution >= 0.6 is 39.1 Å². The molecule has 0 aromatic heterocycles. The molecule has 1 nitrogen and oxygen atoms in total. The Balaban J connectivity index is 1.86.